The van der Waals surface area contributed by atoms with E-state index in [-0.39, 0.29) is 32.0 Å². The fourth-order valence-corrected chi connectivity index (χ4v) is 10.8. The largest absolute Gasteiger partial charge is 0.472 e. The van der Waals surface area contributed by atoms with Crippen LogP contribution < -0.4 is 0 Å². The lowest BCUT2D eigenvalue weighted by Gasteiger charge is -2.24. The maximum absolute atomic E-state index is 12.9. The Balaban J connectivity index is 4.07. The monoisotopic (exact) mass is 1270 g/mol. The Kier molecular flexibility index (Phi) is 66.5. The van der Waals surface area contributed by atoms with E-state index in [9.17, 15) is 19.0 Å². The average molecular weight is 1270 g/mol. The van der Waals surface area contributed by atoms with Gasteiger partial charge in [0, 0.05) is 12.8 Å². The minimum absolute atomic E-state index is 0.0257. The number of ether oxygens (including phenoxy) is 2. The lowest BCUT2D eigenvalue weighted by molar-refractivity contribution is -0.870. The average Bonchev–Trinajstić information content (AvgIpc) is 3.61. The second-order valence-electron chi connectivity index (χ2n) is 25.6. The van der Waals surface area contributed by atoms with E-state index in [1.54, 1.807) is 0 Å². The summed E-state index contributed by atoms with van der Waals surface area (Å²) in [6.07, 6.45) is 101. The summed E-state index contributed by atoms with van der Waals surface area (Å²) in [5.74, 6) is -0.800. The molecule has 10 heteroatoms. The summed E-state index contributed by atoms with van der Waals surface area (Å²) in [5, 5.41) is 0. The van der Waals surface area contributed by atoms with Crippen molar-refractivity contribution in [1.29, 1.82) is 0 Å². The van der Waals surface area contributed by atoms with Crippen LogP contribution in [0.2, 0.25) is 0 Å². The first-order valence-electron chi connectivity index (χ1n) is 36.9. The molecule has 0 saturated heterocycles. The van der Waals surface area contributed by atoms with Crippen molar-refractivity contribution < 1.29 is 42.1 Å². The first-order chi connectivity index (χ1) is 44.0. The number of rotatable bonds is 67. The number of unbranched alkanes of at least 4 members (excludes halogenated alkanes) is 31. The van der Waals surface area contributed by atoms with E-state index < -0.39 is 26.5 Å². The van der Waals surface area contributed by atoms with Crippen LogP contribution in [-0.2, 0) is 32.7 Å². The molecule has 0 aromatic rings. The minimum atomic E-state index is -4.40. The van der Waals surface area contributed by atoms with Crippen LogP contribution >= 0.6 is 7.82 Å². The molecular weight excluding hydrogens is 1130 g/mol. The van der Waals surface area contributed by atoms with Gasteiger partial charge < -0.3 is 18.9 Å². The summed E-state index contributed by atoms with van der Waals surface area (Å²) >= 11 is 0. The summed E-state index contributed by atoms with van der Waals surface area (Å²) in [7, 11) is 1.47. The van der Waals surface area contributed by atoms with Gasteiger partial charge in [-0.1, -0.05) is 314 Å². The lowest BCUT2D eigenvalue weighted by atomic mass is 10.0. The molecule has 9 nitrogen and oxygen atoms in total. The van der Waals surface area contributed by atoms with Gasteiger partial charge in [0.15, 0.2) is 6.10 Å². The number of carbonyl (C=O) groups excluding carboxylic acids is 2. The Morgan fingerprint density at radius 2 is 0.633 bits per heavy atom. The van der Waals surface area contributed by atoms with Crippen LogP contribution in [0.15, 0.2) is 134 Å². The molecule has 0 rings (SSSR count). The maximum Gasteiger partial charge on any atom is 0.472 e. The SMILES string of the molecule is CC/C=C\C/C=C\C/C=C\C/C=C\C/C=C\C/C=C\C/C=C\C/C=C\CCCCCCCCCCCCC(=O)OC(COC(=O)CCCCCCCCCCCCCCCCCC/C=C\C/C=C\C/C=C\CCCCCCC)COP(=O)(O)OCC[N+](C)(C)C. The number of phosphoric ester groups is 1. The third-order valence-electron chi connectivity index (χ3n) is 15.7. The van der Waals surface area contributed by atoms with E-state index in [1.165, 1.54) is 167 Å². The van der Waals surface area contributed by atoms with E-state index in [1.807, 2.05) is 21.1 Å². The normalized spacial score (nSPS) is 13.9. The topological polar surface area (TPSA) is 108 Å². The number of phosphoric acid groups is 1. The van der Waals surface area contributed by atoms with Gasteiger partial charge in [0.05, 0.1) is 27.7 Å². The summed E-state index contributed by atoms with van der Waals surface area (Å²) in [6, 6.07) is 0. The van der Waals surface area contributed by atoms with Gasteiger partial charge in [0.2, 0.25) is 0 Å². The van der Waals surface area contributed by atoms with Crippen molar-refractivity contribution in [3.63, 3.8) is 0 Å². The van der Waals surface area contributed by atoms with Gasteiger partial charge in [-0.3, -0.25) is 18.6 Å². The van der Waals surface area contributed by atoms with Crippen LogP contribution in [0.5, 0.6) is 0 Å². The van der Waals surface area contributed by atoms with E-state index in [4.69, 9.17) is 18.5 Å². The predicted molar refractivity (Wildman–Crippen MR) is 390 cm³/mol. The van der Waals surface area contributed by atoms with E-state index >= 15 is 0 Å². The van der Waals surface area contributed by atoms with Crippen molar-refractivity contribution in [1.82, 2.24) is 0 Å². The smallest absolute Gasteiger partial charge is 0.462 e. The molecule has 2 atom stereocenters. The van der Waals surface area contributed by atoms with Crippen molar-refractivity contribution in [2.45, 2.75) is 315 Å². The van der Waals surface area contributed by atoms with Crippen LogP contribution in [0.1, 0.15) is 309 Å². The van der Waals surface area contributed by atoms with Crippen LogP contribution in [-0.4, -0.2) is 74.9 Å². The van der Waals surface area contributed by atoms with Gasteiger partial charge in [-0.15, -0.1) is 0 Å². The van der Waals surface area contributed by atoms with Crippen molar-refractivity contribution in [3.05, 3.63) is 134 Å². The molecular formula is C80H139NO8P+. The molecule has 0 aliphatic carbocycles. The second-order valence-corrected chi connectivity index (χ2v) is 27.0. The van der Waals surface area contributed by atoms with E-state index in [0.717, 1.165) is 109 Å². The second kappa shape index (κ2) is 69.5. The maximum atomic E-state index is 12.9. The lowest BCUT2D eigenvalue weighted by Crippen LogP contribution is -2.37. The van der Waals surface area contributed by atoms with Crippen LogP contribution in [0, 0.1) is 0 Å². The molecule has 0 saturated carbocycles. The third-order valence-corrected chi connectivity index (χ3v) is 16.6. The molecule has 0 amide bonds. The molecule has 0 fully saturated rings. The number of hydrogen-bond acceptors (Lipinski definition) is 7. The van der Waals surface area contributed by atoms with Crippen molar-refractivity contribution in [2.75, 3.05) is 47.5 Å². The Labute approximate surface area is 555 Å². The Hall–Kier alpha value is -3.85. The Bertz CT molecular complexity index is 1980. The molecule has 2 unspecified atom stereocenters. The highest BCUT2D eigenvalue weighted by molar-refractivity contribution is 7.47. The zero-order valence-corrected chi connectivity index (χ0v) is 59.7. The Morgan fingerprint density at radius 1 is 0.356 bits per heavy atom. The standard InChI is InChI=1S/C80H138NO8P/c1-6-8-10-12-14-16-18-20-22-24-26-28-30-32-34-36-38-39-40-41-43-45-47-49-51-53-55-57-59-61-63-65-67-69-71-73-80(83)89-78(77-88-90(84,85)87-75-74-81(3,4)5)76-86-79(82)72-70-68-66-64-62-60-58-56-54-52-50-48-46-44-42-37-35-33-31-29-27-25-23-21-19-17-15-13-11-9-7-2/h8,10,14,16,19-22,25-28,31-34,38-39,41,43,47,49,78H,6-7,9,11-13,15,17-18,23-24,29-30,35-37,40,42,44-46,48,50-77H2,1-5H3/p+1/b10-8-,16-14-,21-19-,22-20-,27-25-,28-26-,33-31-,34-32-,39-38-,43-41-,49-47-. The van der Waals surface area contributed by atoms with Crippen molar-refractivity contribution in [2.24, 2.45) is 0 Å². The van der Waals surface area contributed by atoms with Crippen LogP contribution in [0.4, 0.5) is 0 Å². The van der Waals surface area contributed by atoms with Gasteiger partial charge >= 0.3 is 19.8 Å². The molecule has 0 aliphatic rings. The quantitative estimate of drug-likeness (QED) is 0.0211. The highest BCUT2D eigenvalue weighted by Gasteiger charge is 2.27. The predicted octanol–water partition coefficient (Wildman–Crippen LogP) is 24.4. The zero-order valence-electron chi connectivity index (χ0n) is 58.8. The summed E-state index contributed by atoms with van der Waals surface area (Å²) in [6.45, 7) is 4.32. The van der Waals surface area contributed by atoms with Gasteiger partial charge in [0.1, 0.15) is 19.8 Å². The number of allylic oxidation sites excluding steroid dienone is 22. The van der Waals surface area contributed by atoms with Gasteiger partial charge in [-0.2, -0.15) is 0 Å². The summed E-state index contributed by atoms with van der Waals surface area (Å²) in [5.41, 5.74) is 0. The highest BCUT2D eigenvalue weighted by atomic mass is 31.2. The van der Waals surface area contributed by atoms with E-state index in [0.29, 0.717) is 17.4 Å². The van der Waals surface area contributed by atoms with Gasteiger partial charge in [-0.05, 0) is 116 Å². The third kappa shape index (κ3) is 73.2. The molecule has 0 radical (unpaired) electrons. The number of carbonyl (C=O) groups is 2. The molecule has 0 bridgehead atoms. The fraction of sp³-hybridized carbons (Fsp3) is 0.700. The molecule has 0 aromatic heterocycles. The number of hydrogen-bond donors (Lipinski definition) is 1. The molecule has 0 heterocycles. The molecule has 1 N–H and O–H groups in total. The number of quaternary nitrogens is 1. The molecule has 0 aromatic carbocycles. The van der Waals surface area contributed by atoms with Crippen molar-refractivity contribution in [3.8, 4) is 0 Å². The van der Waals surface area contributed by atoms with Crippen LogP contribution in [0.25, 0.3) is 0 Å². The van der Waals surface area contributed by atoms with Gasteiger partial charge in [-0.25, -0.2) is 4.57 Å². The Morgan fingerprint density at radius 3 is 0.944 bits per heavy atom. The molecule has 0 aliphatic heterocycles. The molecule has 90 heavy (non-hydrogen) atoms. The highest BCUT2D eigenvalue weighted by Crippen LogP contribution is 2.43. The minimum Gasteiger partial charge on any atom is -0.462 e. The summed E-state index contributed by atoms with van der Waals surface area (Å²) in [4.78, 5) is 35.9. The van der Waals surface area contributed by atoms with E-state index in [2.05, 4.69) is 148 Å². The zero-order chi connectivity index (χ0) is 65.5. The molecule has 0 spiro atoms. The summed E-state index contributed by atoms with van der Waals surface area (Å²) < 4.78 is 34.8. The van der Waals surface area contributed by atoms with Crippen LogP contribution in [0.3, 0.4) is 0 Å². The first kappa shape index (κ1) is 86.2. The first-order valence-corrected chi connectivity index (χ1v) is 38.4. The molecule has 516 valence electrons. The number of esters is 2. The number of likely N-dealkylation sites (N-methyl/N-ethyl adjacent to an activating group) is 1. The van der Waals surface area contributed by atoms with Gasteiger partial charge in [0.25, 0.3) is 0 Å². The van der Waals surface area contributed by atoms with Crippen molar-refractivity contribution >= 4 is 19.8 Å². The number of nitrogens with zero attached hydrogens (tertiary/aromatic N) is 1. The fourth-order valence-electron chi connectivity index (χ4n) is 10.0.